The average molecular weight is 215 g/mol. The summed E-state index contributed by atoms with van der Waals surface area (Å²) in [5.74, 6) is -0.938. The standard InChI is InChI=1S/C6H11ClO4S/c1-5(3-6(8)11-2)4-12(7,9)10/h5H,3-4H2,1-2H3. The summed E-state index contributed by atoms with van der Waals surface area (Å²) in [4.78, 5) is 10.6. The minimum Gasteiger partial charge on any atom is -0.469 e. The molecule has 0 rings (SSSR count). The first-order chi connectivity index (χ1) is 5.35. The maximum absolute atomic E-state index is 10.6. The Hall–Kier alpha value is -0.290. The largest absolute Gasteiger partial charge is 0.469 e. The van der Waals surface area contributed by atoms with Crippen LogP contribution >= 0.6 is 10.7 Å². The third-order valence-corrected chi connectivity index (χ3v) is 2.57. The predicted molar refractivity (Wildman–Crippen MR) is 45.4 cm³/mol. The van der Waals surface area contributed by atoms with E-state index < -0.39 is 15.0 Å². The van der Waals surface area contributed by atoms with Crippen LogP contribution in [0.15, 0.2) is 0 Å². The molecule has 0 amide bonds. The lowest BCUT2D eigenvalue weighted by Crippen LogP contribution is -2.14. The van der Waals surface area contributed by atoms with Gasteiger partial charge in [-0.2, -0.15) is 0 Å². The van der Waals surface area contributed by atoms with Gasteiger partial charge in [-0.05, 0) is 5.92 Å². The Morgan fingerprint density at radius 3 is 2.42 bits per heavy atom. The number of ether oxygens (including phenoxy) is 1. The summed E-state index contributed by atoms with van der Waals surface area (Å²) in [5, 5.41) is 0. The molecule has 6 heteroatoms. The van der Waals surface area contributed by atoms with E-state index in [0.717, 1.165) is 0 Å². The summed E-state index contributed by atoms with van der Waals surface area (Å²) in [6.07, 6.45) is 0.0719. The molecule has 0 saturated carbocycles. The molecule has 72 valence electrons. The van der Waals surface area contributed by atoms with E-state index in [1.165, 1.54) is 7.11 Å². The van der Waals surface area contributed by atoms with Gasteiger partial charge in [0.25, 0.3) is 0 Å². The second-order valence-corrected chi connectivity index (χ2v) is 5.41. The molecule has 0 saturated heterocycles. The van der Waals surface area contributed by atoms with Crippen molar-refractivity contribution in [1.82, 2.24) is 0 Å². The first kappa shape index (κ1) is 11.7. The molecule has 0 N–H and O–H groups in total. The van der Waals surface area contributed by atoms with Crippen molar-refractivity contribution >= 4 is 25.7 Å². The van der Waals surface area contributed by atoms with Crippen LogP contribution in [0, 0.1) is 5.92 Å². The molecular weight excluding hydrogens is 204 g/mol. The molecule has 0 aliphatic carbocycles. The highest BCUT2D eigenvalue weighted by molar-refractivity contribution is 8.13. The highest BCUT2D eigenvalue weighted by Crippen LogP contribution is 2.09. The number of carbonyl (C=O) groups is 1. The van der Waals surface area contributed by atoms with Crippen molar-refractivity contribution in [3.8, 4) is 0 Å². The van der Waals surface area contributed by atoms with Crippen molar-refractivity contribution in [3.05, 3.63) is 0 Å². The molecule has 1 atom stereocenters. The SMILES string of the molecule is COC(=O)CC(C)CS(=O)(=O)Cl. The molecule has 0 heterocycles. The van der Waals surface area contributed by atoms with Gasteiger partial charge in [-0.1, -0.05) is 6.92 Å². The number of carbonyl (C=O) groups excluding carboxylic acids is 1. The van der Waals surface area contributed by atoms with Crippen LogP contribution in [0.25, 0.3) is 0 Å². The van der Waals surface area contributed by atoms with Crippen molar-refractivity contribution in [2.24, 2.45) is 5.92 Å². The quantitative estimate of drug-likeness (QED) is 0.512. The van der Waals surface area contributed by atoms with Gasteiger partial charge in [0.1, 0.15) is 0 Å². The first-order valence-corrected chi connectivity index (χ1v) is 5.82. The zero-order chi connectivity index (χ0) is 9.78. The maximum Gasteiger partial charge on any atom is 0.305 e. The Morgan fingerprint density at radius 1 is 1.58 bits per heavy atom. The summed E-state index contributed by atoms with van der Waals surface area (Å²) >= 11 is 0. The molecule has 0 fully saturated rings. The third-order valence-electron chi connectivity index (χ3n) is 1.23. The van der Waals surface area contributed by atoms with Crippen LogP contribution in [0.3, 0.4) is 0 Å². The van der Waals surface area contributed by atoms with Crippen LogP contribution in [0.5, 0.6) is 0 Å². The van der Waals surface area contributed by atoms with E-state index in [0.29, 0.717) is 0 Å². The average Bonchev–Trinajstić information content (AvgIpc) is 1.82. The van der Waals surface area contributed by atoms with Gasteiger partial charge in [-0.15, -0.1) is 0 Å². The number of esters is 1. The van der Waals surface area contributed by atoms with E-state index in [1.807, 2.05) is 0 Å². The molecular formula is C6H11ClO4S. The van der Waals surface area contributed by atoms with Crippen LogP contribution in [-0.2, 0) is 18.6 Å². The van der Waals surface area contributed by atoms with Crippen molar-refractivity contribution in [2.75, 3.05) is 12.9 Å². The Bertz CT molecular complexity index is 246. The Labute approximate surface area is 76.3 Å². The van der Waals surface area contributed by atoms with Gasteiger partial charge < -0.3 is 4.74 Å². The molecule has 0 aromatic rings. The summed E-state index contributed by atoms with van der Waals surface area (Å²) < 4.78 is 25.4. The van der Waals surface area contributed by atoms with Crippen LogP contribution in [0.1, 0.15) is 13.3 Å². The number of hydrogen-bond donors (Lipinski definition) is 0. The van der Waals surface area contributed by atoms with Crippen LogP contribution in [-0.4, -0.2) is 27.2 Å². The zero-order valence-electron chi connectivity index (χ0n) is 6.91. The molecule has 1 unspecified atom stereocenters. The number of halogens is 1. The Kier molecular flexibility index (Phi) is 4.55. The zero-order valence-corrected chi connectivity index (χ0v) is 8.48. The van der Waals surface area contributed by atoms with Gasteiger partial charge in [0.15, 0.2) is 0 Å². The first-order valence-electron chi connectivity index (χ1n) is 3.34. The minimum atomic E-state index is -3.51. The van der Waals surface area contributed by atoms with Gasteiger partial charge >= 0.3 is 5.97 Å². The van der Waals surface area contributed by atoms with Gasteiger partial charge in [-0.3, -0.25) is 4.79 Å². The van der Waals surface area contributed by atoms with Gasteiger partial charge in [-0.25, -0.2) is 8.42 Å². The van der Waals surface area contributed by atoms with Crippen molar-refractivity contribution < 1.29 is 17.9 Å². The lowest BCUT2D eigenvalue weighted by atomic mass is 10.1. The van der Waals surface area contributed by atoms with E-state index in [2.05, 4.69) is 4.74 Å². The molecule has 0 bridgehead atoms. The normalized spacial score (nSPS) is 13.9. The molecule has 0 radical (unpaired) electrons. The van der Waals surface area contributed by atoms with Crippen molar-refractivity contribution in [3.63, 3.8) is 0 Å². The van der Waals surface area contributed by atoms with Gasteiger partial charge in [0.05, 0.1) is 12.9 Å². The van der Waals surface area contributed by atoms with Crippen LogP contribution < -0.4 is 0 Å². The Balaban J connectivity index is 3.91. The van der Waals surface area contributed by atoms with E-state index in [9.17, 15) is 13.2 Å². The molecule has 4 nitrogen and oxygen atoms in total. The van der Waals surface area contributed by atoms with E-state index in [-0.39, 0.29) is 18.1 Å². The van der Waals surface area contributed by atoms with Crippen LogP contribution in [0.4, 0.5) is 0 Å². The number of hydrogen-bond acceptors (Lipinski definition) is 4. The number of rotatable bonds is 4. The summed E-state index contributed by atoms with van der Waals surface area (Å²) in [6, 6.07) is 0. The second-order valence-electron chi connectivity index (χ2n) is 2.59. The topological polar surface area (TPSA) is 60.4 Å². The molecule has 0 aliphatic rings. The second kappa shape index (κ2) is 4.67. The molecule has 0 spiro atoms. The van der Waals surface area contributed by atoms with Gasteiger partial charge in [0.2, 0.25) is 9.05 Å². The van der Waals surface area contributed by atoms with Crippen LogP contribution in [0.2, 0.25) is 0 Å². The monoisotopic (exact) mass is 214 g/mol. The highest BCUT2D eigenvalue weighted by atomic mass is 35.7. The lowest BCUT2D eigenvalue weighted by Gasteiger charge is -2.06. The summed E-state index contributed by atoms with van der Waals surface area (Å²) in [7, 11) is 2.72. The van der Waals surface area contributed by atoms with Crippen molar-refractivity contribution in [1.29, 1.82) is 0 Å². The summed E-state index contributed by atoms with van der Waals surface area (Å²) in [5.41, 5.74) is 0. The smallest absolute Gasteiger partial charge is 0.305 e. The number of methoxy groups -OCH3 is 1. The van der Waals surface area contributed by atoms with Gasteiger partial charge in [0, 0.05) is 17.1 Å². The molecule has 0 aromatic carbocycles. The van der Waals surface area contributed by atoms with E-state index in [1.54, 1.807) is 6.92 Å². The van der Waals surface area contributed by atoms with Crippen molar-refractivity contribution in [2.45, 2.75) is 13.3 Å². The molecule has 12 heavy (non-hydrogen) atoms. The fourth-order valence-electron chi connectivity index (χ4n) is 0.767. The minimum absolute atomic E-state index is 0.0719. The fourth-order valence-corrected chi connectivity index (χ4v) is 2.21. The highest BCUT2D eigenvalue weighted by Gasteiger charge is 2.15. The predicted octanol–water partition coefficient (Wildman–Crippen LogP) is 0.754. The molecule has 0 aliphatic heterocycles. The lowest BCUT2D eigenvalue weighted by molar-refractivity contribution is -0.141. The Morgan fingerprint density at radius 2 is 2.08 bits per heavy atom. The fraction of sp³-hybridized carbons (Fsp3) is 0.833. The van der Waals surface area contributed by atoms with E-state index >= 15 is 0 Å². The van der Waals surface area contributed by atoms with E-state index in [4.69, 9.17) is 10.7 Å². The maximum atomic E-state index is 10.6. The third kappa shape index (κ3) is 6.42. The summed E-state index contributed by atoms with van der Waals surface area (Å²) in [6.45, 7) is 1.62. The molecule has 0 aromatic heterocycles.